The molecule has 7 nitrogen and oxygen atoms in total. The maximum atomic E-state index is 12.2. The quantitative estimate of drug-likeness (QED) is 0.394. The number of aliphatic hydroxyl groups is 2. The lowest BCUT2D eigenvalue weighted by Gasteiger charge is -2.54. The SMILES string of the molecule is [B]C1([B])Cc2ccccc2C([B])(O)N1CC(O)CNC(=O)CCc1nc2ccccc2[nH]1. The van der Waals surface area contributed by atoms with Gasteiger partial charge in [0.05, 0.1) is 38.5 Å². The Balaban J connectivity index is 1.32. The number of rotatable bonds is 7. The summed E-state index contributed by atoms with van der Waals surface area (Å²) in [5.41, 5.74) is 1.04. The molecule has 158 valence electrons. The largest absolute Gasteiger partial charge is 0.390 e. The van der Waals surface area contributed by atoms with Crippen LogP contribution in [0.4, 0.5) is 0 Å². The number of aromatic nitrogens is 2. The van der Waals surface area contributed by atoms with Gasteiger partial charge < -0.3 is 20.5 Å². The van der Waals surface area contributed by atoms with Crippen molar-refractivity contribution >= 4 is 40.5 Å². The van der Waals surface area contributed by atoms with Crippen molar-refractivity contribution in [3.8, 4) is 0 Å². The van der Waals surface area contributed by atoms with Gasteiger partial charge >= 0.3 is 0 Å². The number of para-hydroxylation sites is 2. The second-order valence-corrected chi connectivity index (χ2v) is 8.32. The number of carbonyl (C=O) groups is 1. The second-order valence-electron chi connectivity index (χ2n) is 8.32. The average molecular weight is 424 g/mol. The molecule has 2 atom stereocenters. The zero-order valence-electron chi connectivity index (χ0n) is 17.7. The lowest BCUT2D eigenvalue weighted by atomic mass is 9.53. The molecule has 2 unspecified atom stereocenters. The number of aromatic amines is 1. The van der Waals surface area contributed by atoms with Crippen molar-refractivity contribution in [2.24, 2.45) is 0 Å². The summed E-state index contributed by atoms with van der Waals surface area (Å²) < 4.78 is 0. The van der Waals surface area contributed by atoms with E-state index in [2.05, 4.69) is 15.3 Å². The lowest BCUT2D eigenvalue weighted by Crippen LogP contribution is -2.66. The molecule has 0 saturated heterocycles. The van der Waals surface area contributed by atoms with Gasteiger partial charge in [0.15, 0.2) is 0 Å². The van der Waals surface area contributed by atoms with E-state index < -0.39 is 17.1 Å². The molecule has 2 aromatic carbocycles. The minimum atomic E-state index is -1.95. The monoisotopic (exact) mass is 424 g/mol. The number of fused-ring (bicyclic) bond motifs is 2. The smallest absolute Gasteiger partial charge is 0.220 e. The molecule has 0 aliphatic carbocycles. The first-order valence-corrected chi connectivity index (χ1v) is 10.5. The summed E-state index contributed by atoms with van der Waals surface area (Å²) in [6.07, 6.45) is -0.143. The van der Waals surface area contributed by atoms with Gasteiger partial charge in [-0.1, -0.05) is 36.4 Å². The third-order valence-corrected chi connectivity index (χ3v) is 5.76. The fourth-order valence-electron chi connectivity index (χ4n) is 4.16. The maximum absolute atomic E-state index is 12.2. The Morgan fingerprint density at radius 1 is 1.19 bits per heavy atom. The summed E-state index contributed by atoms with van der Waals surface area (Å²) in [6.45, 7) is -0.165. The van der Waals surface area contributed by atoms with Gasteiger partial charge in [0, 0.05) is 25.9 Å². The Hall–Kier alpha value is -2.55. The molecular weight excluding hydrogens is 401 g/mol. The number of nitrogens with one attached hydrogen (secondary N) is 2. The molecule has 1 aliphatic rings. The lowest BCUT2D eigenvalue weighted by molar-refractivity contribution is -0.122. The van der Waals surface area contributed by atoms with Crippen molar-refractivity contribution < 1.29 is 15.0 Å². The standard InChI is InChI=1S/C22H23B3N4O3/c23-21(24)11-14-5-1-2-6-16(14)22(25,32)29(21)13-15(30)12-26-20(31)10-9-19-27-17-7-3-4-8-18(17)28-19/h1-8,15,30,32H,9-13H2,(H,26,31)(H,27,28). The van der Waals surface area contributed by atoms with Gasteiger partial charge in [-0.15, -0.1) is 0 Å². The van der Waals surface area contributed by atoms with Crippen molar-refractivity contribution in [2.75, 3.05) is 13.1 Å². The number of imidazole rings is 1. The second kappa shape index (κ2) is 8.77. The van der Waals surface area contributed by atoms with Crippen LogP contribution in [0.5, 0.6) is 0 Å². The van der Waals surface area contributed by atoms with Crippen LogP contribution in [0, 0.1) is 0 Å². The topological polar surface area (TPSA) is 101 Å². The molecule has 0 saturated carbocycles. The maximum Gasteiger partial charge on any atom is 0.220 e. The van der Waals surface area contributed by atoms with Crippen LogP contribution in [0.1, 0.15) is 23.4 Å². The molecule has 32 heavy (non-hydrogen) atoms. The molecule has 1 amide bonds. The van der Waals surface area contributed by atoms with Gasteiger partial charge in [-0.25, -0.2) is 4.98 Å². The zero-order chi connectivity index (χ0) is 22.9. The van der Waals surface area contributed by atoms with Crippen molar-refractivity contribution in [2.45, 2.75) is 36.3 Å². The number of nitrogens with zero attached hydrogens (tertiary/aromatic N) is 2. The summed E-state index contributed by atoms with van der Waals surface area (Å²) >= 11 is 0. The molecule has 2 heterocycles. The molecule has 4 N–H and O–H groups in total. The van der Waals surface area contributed by atoms with Crippen molar-refractivity contribution in [3.63, 3.8) is 0 Å². The number of carbonyl (C=O) groups excluding carboxylic acids is 1. The molecule has 0 spiro atoms. The van der Waals surface area contributed by atoms with Crippen LogP contribution >= 0.6 is 0 Å². The molecule has 1 aromatic heterocycles. The van der Waals surface area contributed by atoms with E-state index in [1.807, 2.05) is 30.3 Å². The van der Waals surface area contributed by atoms with Crippen LogP contribution in [0.15, 0.2) is 48.5 Å². The van der Waals surface area contributed by atoms with E-state index in [0.717, 1.165) is 22.4 Å². The number of aryl methyl sites for hydroxylation is 1. The van der Waals surface area contributed by atoms with E-state index in [4.69, 9.17) is 23.5 Å². The van der Waals surface area contributed by atoms with E-state index in [1.165, 1.54) is 4.90 Å². The highest BCUT2D eigenvalue weighted by Gasteiger charge is 2.45. The number of hydrogen-bond acceptors (Lipinski definition) is 5. The Bertz CT molecular complexity index is 1090. The molecule has 0 fully saturated rings. The minimum absolute atomic E-state index is 0.0384. The minimum Gasteiger partial charge on any atom is -0.390 e. The van der Waals surface area contributed by atoms with Gasteiger partial charge in [0.1, 0.15) is 13.7 Å². The number of aliphatic hydroxyl groups excluding tert-OH is 1. The first-order chi connectivity index (χ1) is 15.2. The molecule has 6 radical (unpaired) electrons. The van der Waals surface area contributed by atoms with E-state index in [1.54, 1.807) is 18.2 Å². The van der Waals surface area contributed by atoms with Crippen molar-refractivity contribution in [3.05, 3.63) is 65.5 Å². The average Bonchev–Trinajstić information content (AvgIpc) is 3.16. The molecular formula is C22H23B3N4O3. The highest BCUT2D eigenvalue weighted by molar-refractivity contribution is 6.40. The van der Waals surface area contributed by atoms with Crippen LogP contribution in [-0.2, 0) is 23.3 Å². The normalized spacial score (nSPS) is 21.2. The number of H-pyrrole nitrogens is 1. The number of β-amino-alcohol motifs (C(OH)–C–C–N with tert-alkyl or cyclic N) is 1. The van der Waals surface area contributed by atoms with E-state index >= 15 is 0 Å². The number of benzene rings is 2. The van der Waals surface area contributed by atoms with Gasteiger partial charge in [-0.3, -0.25) is 9.69 Å². The van der Waals surface area contributed by atoms with Crippen LogP contribution in [-0.4, -0.2) is 79.1 Å². The molecule has 1 aliphatic heterocycles. The first-order valence-electron chi connectivity index (χ1n) is 10.5. The molecule has 3 aromatic rings. The Morgan fingerprint density at radius 2 is 1.91 bits per heavy atom. The predicted octanol–water partition coefficient (Wildman–Crippen LogP) is -0.207. The summed E-state index contributed by atoms with van der Waals surface area (Å²) in [5, 5.41) is 22.7. The number of hydrogen-bond donors (Lipinski definition) is 4. The third-order valence-electron chi connectivity index (χ3n) is 5.76. The Morgan fingerprint density at radius 3 is 2.69 bits per heavy atom. The van der Waals surface area contributed by atoms with Gasteiger partial charge in [0.25, 0.3) is 0 Å². The van der Waals surface area contributed by atoms with Crippen molar-refractivity contribution in [1.29, 1.82) is 0 Å². The highest BCUT2D eigenvalue weighted by atomic mass is 16.3. The van der Waals surface area contributed by atoms with Gasteiger partial charge in [-0.05, 0) is 35.0 Å². The zero-order valence-corrected chi connectivity index (χ0v) is 17.7. The van der Waals surface area contributed by atoms with E-state index in [0.29, 0.717) is 12.0 Å². The van der Waals surface area contributed by atoms with Crippen LogP contribution in [0.2, 0.25) is 0 Å². The third kappa shape index (κ3) is 4.63. The summed E-state index contributed by atoms with van der Waals surface area (Å²) in [5.74, 6) is 0.487. The molecule has 4 rings (SSSR count). The molecule has 0 bridgehead atoms. The van der Waals surface area contributed by atoms with Crippen LogP contribution in [0.3, 0.4) is 0 Å². The van der Waals surface area contributed by atoms with E-state index in [-0.39, 0.29) is 31.8 Å². The fourth-order valence-corrected chi connectivity index (χ4v) is 4.16. The summed E-state index contributed by atoms with van der Waals surface area (Å²) in [6, 6.07) is 14.7. The summed E-state index contributed by atoms with van der Waals surface area (Å²) in [4.78, 5) is 21.1. The first kappa shape index (κ1) is 22.6. The fraction of sp³-hybridized carbons (Fsp3) is 0.364. The number of amides is 1. The van der Waals surface area contributed by atoms with Gasteiger partial charge in [-0.2, -0.15) is 0 Å². The summed E-state index contributed by atoms with van der Waals surface area (Å²) in [7, 11) is 18.6. The highest BCUT2D eigenvalue weighted by Crippen LogP contribution is 2.37. The van der Waals surface area contributed by atoms with Crippen molar-refractivity contribution in [1.82, 2.24) is 20.2 Å². The molecule has 10 heteroatoms. The van der Waals surface area contributed by atoms with Crippen LogP contribution < -0.4 is 5.32 Å². The van der Waals surface area contributed by atoms with Gasteiger partial charge in [0.2, 0.25) is 5.91 Å². The predicted molar refractivity (Wildman–Crippen MR) is 124 cm³/mol. The van der Waals surface area contributed by atoms with E-state index in [9.17, 15) is 15.0 Å². The Kier molecular flexibility index (Phi) is 6.20. The Labute approximate surface area is 190 Å². The van der Waals surface area contributed by atoms with Crippen LogP contribution in [0.25, 0.3) is 11.0 Å².